The molecule has 10 heteroatoms. The maximum atomic E-state index is 10.0. The average Bonchev–Trinajstić information content (AvgIpc) is 3.01. The molecule has 1 saturated heterocycles. The SMILES string of the molecule is OC[C@H]1O[C@@H](n2cnc3c(NO)cc(Cl)nc32)[C@H](O)[C@@H]1O. The first-order valence-corrected chi connectivity index (χ1v) is 6.50. The molecular formula is C11H13ClN4O5. The molecule has 1 aliphatic heterocycles. The fourth-order valence-electron chi connectivity index (χ4n) is 2.36. The lowest BCUT2D eigenvalue weighted by Crippen LogP contribution is -2.33. The number of halogens is 1. The van der Waals surface area contributed by atoms with Gasteiger partial charge in [0.25, 0.3) is 0 Å². The smallest absolute Gasteiger partial charge is 0.165 e. The molecule has 3 rings (SSSR count). The number of aliphatic hydroxyl groups is 3. The van der Waals surface area contributed by atoms with Gasteiger partial charge < -0.3 is 20.1 Å². The van der Waals surface area contributed by atoms with Gasteiger partial charge in [0.1, 0.15) is 29.0 Å². The molecule has 0 spiro atoms. The molecule has 1 aliphatic rings. The van der Waals surface area contributed by atoms with Crippen molar-refractivity contribution in [1.29, 1.82) is 0 Å². The van der Waals surface area contributed by atoms with Crippen LogP contribution in [0.25, 0.3) is 11.2 Å². The summed E-state index contributed by atoms with van der Waals surface area (Å²) in [6.45, 7) is -0.432. The molecule has 3 heterocycles. The van der Waals surface area contributed by atoms with Gasteiger partial charge in [0.05, 0.1) is 18.6 Å². The van der Waals surface area contributed by atoms with Crippen LogP contribution in [0.5, 0.6) is 0 Å². The van der Waals surface area contributed by atoms with E-state index in [1.165, 1.54) is 17.0 Å². The Bertz CT molecular complexity index is 665. The number of fused-ring (bicyclic) bond motifs is 1. The predicted octanol–water partition coefficient (Wildman–Crippen LogP) is -0.503. The molecule has 0 unspecified atom stereocenters. The summed E-state index contributed by atoms with van der Waals surface area (Å²) < 4.78 is 6.79. The Morgan fingerprint density at radius 1 is 1.38 bits per heavy atom. The lowest BCUT2D eigenvalue weighted by atomic mass is 10.1. The molecule has 21 heavy (non-hydrogen) atoms. The zero-order valence-electron chi connectivity index (χ0n) is 10.6. The minimum absolute atomic E-state index is 0.104. The summed E-state index contributed by atoms with van der Waals surface area (Å²) in [4.78, 5) is 8.15. The molecule has 2 aromatic rings. The van der Waals surface area contributed by atoms with Crippen LogP contribution in [0.4, 0.5) is 5.69 Å². The largest absolute Gasteiger partial charge is 0.394 e. The number of pyridine rings is 1. The molecule has 0 aliphatic carbocycles. The molecule has 0 saturated carbocycles. The summed E-state index contributed by atoms with van der Waals surface area (Å²) in [6.07, 6.45) is -3.02. The van der Waals surface area contributed by atoms with E-state index in [9.17, 15) is 10.2 Å². The fraction of sp³-hybridized carbons (Fsp3) is 0.455. The lowest BCUT2D eigenvalue weighted by Gasteiger charge is -2.16. The van der Waals surface area contributed by atoms with Crippen LogP contribution in [0.3, 0.4) is 0 Å². The second kappa shape index (κ2) is 5.37. The highest BCUT2D eigenvalue weighted by Crippen LogP contribution is 2.33. The van der Waals surface area contributed by atoms with Gasteiger partial charge in [0.15, 0.2) is 11.9 Å². The number of ether oxygens (including phenoxy) is 1. The van der Waals surface area contributed by atoms with Gasteiger partial charge in [-0.2, -0.15) is 0 Å². The van der Waals surface area contributed by atoms with Crippen molar-refractivity contribution in [1.82, 2.24) is 14.5 Å². The summed E-state index contributed by atoms with van der Waals surface area (Å²) >= 11 is 5.86. The van der Waals surface area contributed by atoms with Crippen LogP contribution < -0.4 is 5.48 Å². The first-order valence-electron chi connectivity index (χ1n) is 6.12. The quantitative estimate of drug-likeness (QED) is 0.378. The number of hydrogen-bond acceptors (Lipinski definition) is 8. The molecule has 0 amide bonds. The van der Waals surface area contributed by atoms with E-state index < -0.39 is 31.1 Å². The molecule has 4 atom stereocenters. The monoisotopic (exact) mass is 316 g/mol. The highest BCUT2D eigenvalue weighted by Gasteiger charge is 2.44. The Hall–Kier alpha value is -1.49. The van der Waals surface area contributed by atoms with Crippen LogP contribution in [0.1, 0.15) is 6.23 Å². The standard InChI is InChI=1S/C11H13ClN4O5/c12-6-1-4(15-20)7-10(14-6)16(3-13-7)11-9(19)8(18)5(2-17)21-11/h1,3,5,8-9,11,17-20H,2H2,(H,14,15)/t5-,8-,9-,11-/m1/s1. The van der Waals surface area contributed by atoms with Gasteiger partial charge in [-0.3, -0.25) is 15.3 Å². The van der Waals surface area contributed by atoms with Crippen molar-refractivity contribution < 1.29 is 25.3 Å². The van der Waals surface area contributed by atoms with Gasteiger partial charge in [0.2, 0.25) is 0 Å². The maximum absolute atomic E-state index is 10.0. The van der Waals surface area contributed by atoms with Crippen molar-refractivity contribution in [3.8, 4) is 0 Å². The van der Waals surface area contributed by atoms with Gasteiger partial charge in [-0.15, -0.1) is 0 Å². The number of rotatable bonds is 3. The molecule has 0 bridgehead atoms. The molecular weight excluding hydrogens is 304 g/mol. The van der Waals surface area contributed by atoms with E-state index >= 15 is 0 Å². The summed E-state index contributed by atoms with van der Waals surface area (Å²) in [7, 11) is 0. The molecule has 9 nitrogen and oxygen atoms in total. The van der Waals surface area contributed by atoms with Crippen molar-refractivity contribution >= 4 is 28.5 Å². The van der Waals surface area contributed by atoms with Crippen molar-refractivity contribution in [2.24, 2.45) is 0 Å². The number of anilines is 1. The molecule has 0 aromatic carbocycles. The zero-order chi connectivity index (χ0) is 15.1. The first kappa shape index (κ1) is 14.4. The Kier molecular flexibility index (Phi) is 3.69. The van der Waals surface area contributed by atoms with E-state index in [1.807, 2.05) is 5.48 Å². The third-order valence-corrected chi connectivity index (χ3v) is 3.60. The van der Waals surface area contributed by atoms with Crippen molar-refractivity contribution in [2.75, 3.05) is 12.1 Å². The Morgan fingerprint density at radius 2 is 2.14 bits per heavy atom. The van der Waals surface area contributed by atoms with E-state index in [1.54, 1.807) is 0 Å². The molecule has 2 aromatic heterocycles. The minimum atomic E-state index is -1.26. The number of aliphatic hydroxyl groups excluding tert-OH is 3. The number of nitrogens with one attached hydrogen (secondary N) is 1. The number of hydrogen-bond donors (Lipinski definition) is 5. The van der Waals surface area contributed by atoms with Crippen LogP contribution in [0.15, 0.2) is 12.4 Å². The fourth-order valence-corrected chi connectivity index (χ4v) is 2.55. The van der Waals surface area contributed by atoms with Gasteiger partial charge in [0, 0.05) is 6.07 Å². The number of nitrogens with zero attached hydrogens (tertiary/aromatic N) is 3. The Balaban J connectivity index is 2.07. The Morgan fingerprint density at radius 3 is 2.76 bits per heavy atom. The van der Waals surface area contributed by atoms with Crippen LogP contribution in [0.2, 0.25) is 5.15 Å². The highest BCUT2D eigenvalue weighted by atomic mass is 35.5. The van der Waals surface area contributed by atoms with Crippen molar-refractivity contribution in [2.45, 2.75) is 24.5 Å². The molecule has 5 N–H and O–H groups in total. The first-order chi connectivity index (χ1) is 10.1. The van der Waals surface area contributed by atoms with E-state index in [2.05, 4.69) is 9.97 Å². The summed E-state index contributed by atoms with van der Waals surface area (Å²) in [5.74, 6) is 0. The molecule has 0 radical (unpaired) electrons. The van der Waals surface area contributed by atoms with E-state index in [-0.39, 0.29) is 16.5 Å². The number of imidazole rings is 1. The van der Waals surface area contributed by atoms with Gasteiger partial charge in [-0.25, -0.2) is 9.97 Å². The van der Waals surface area contributed by atoms with Gasteiger partial charge in [-0.1, -0.05) is 11.6 Å². The van der Waals surface area contributed by atoms with Crippen LogP contribution in [0, 0.1) is 0 Å². The third kappa shape index (κ3) is 2.24. The second-order valence-corrected chi connectivity index (χ2v) is 5.04. The predicted molar refractivity (Wildman–Crippen MR) is 71.0 cm³/mol. The lowest BCUT2D eigenvalue weighted by molar-refractivity contribution is -0.0511. The zero-order valence-corrected chi connectivity index (χ0v) is 11.3. The number of aromatic nitrogens is 3. The van der Waals surface area contributed by atoms with Crippen LogP contribution in [-0.2, 0) is 4.74 Å². The van der Waals surface area contributed by atoms with Gasteiger partial charge >= 0.3 is 0 Å². The van der Waals surface area contributed by atoms with E-state index in [4.69, 9.17) is 26.7 Å². The normalized spacial score (nSPS) is 29.2. The van der Waals surface area contributed by atoms with Crippen LogP contribution in [-0.4, -0.2) is 60.0 Å². The highest BCUT2D eigenvalue weighted by molar-refractivity contribution is 6.30. The van der Waals surface area contributed by atoms with Crippen molar-refractivity contribution in [3.05, 3.63) is 17.5 Å². The topological polar surface area (TPSA) is 133 Å². The second-order valence-electron chi connectivity index (χ2n) is 4.66. The summed E-state index contributed by atoms with van der Waals surface area (Å²) in [6, 6.07) is 1.39. The Labute approximate surface area is 123 Å². The summed E-state index contributed by atoms with van der Waals surface area (Å²) in [5, 5.41) is 38.1. The van der Waals surface area contributed by atoms with Crippen LogP contribution >= 0.6 is 11.6 Å². The molecule has 114 valence electrons. The maximum Gasteiger partial charge on any atom is 0.165 e. The molecule has 1 fully saturated rings. The van der Waals surface area contributed by atoms with E-state index in [0.29, 0.717) is 5.52 Å². The minimum Gasteiger partial charge on any atom is -0.394 e. The van der Waals surface area contributed by atoms with Crippen molar-refractivity contribution in [3.63, 3.8) is 0 Å². The average molecular weight is 317 g/mol. The third-order valence-electron chi connectivity index (χ3n) is 3.41. The summed E-state index contributed by atoms with van der Waals surface area (Å²) in [5.41, 5.74) is 2.78. The van der Waals surface area contributed by atoms with Gasteiger partial charge in [-0.05, 0) is 0 Å². The van der Waals surface area contributed by atoms with E-state index in [0.717, 1.165) is 0 Å².